The predicted octanol–water partition coefficient (Wildman–Crippen LogP) is 1.23. The Morgan fingerprint density at radius 1 is 1.50 bits per heavy atom. The van der Waals surface area contributed by atoms with E-state index in [1.807, 2.05) is 0 Å². The van der Waals surface area contributed by atoms with Crippen molar-refractivity contribution in [3.05, 3.63) is 20.3 Å². The Bertz CT molecular complexity index is 233. The molecule has 0 radical (unpaired) electrons. The van der Waals surface area contributed by atoms with Gasteiger partial charge in [-0.1, -0.05) is 0 Å². The Morgan fingerprint density at radius 2 is 2.10 bits per heavy atom. The van der Waals surface area contributed by atoms with Crippen LogP contribution in [0.4, 0.5) is 0 Å². The fourth-order valence-corrected chi connectivity index (χ4v) is 1.33. The van der Waals surface area contributed by atoms with Gasteiger partial charge in [-0.2, -0.15) is 0 Å². The Morgan fingerprint density at radius 3 is 2.30 bits per heavy atom. The first-order valence-electron chi connectivity index (χ1n) is 2.69. The highest BCUT2D eigenvalue weighted by atomic mass is 79.9. The van der Waals surface area contributed by atoms with Crippen LogP contribution in [0.2, 0.25) is 0 Å². The SMILES string of the molecule is O=C1CCC([N+](=O)[O-])=C1Br. The van der Waals surface area contributed by atoms with Crippen molar-refractivity contribution in [2.24, 2.45) is 0 Å². The minimum absolute atomic E-state index is 0.00463. The van der Waals surface area contributed by atoms with Crippen LogP contribution in [-0.4, -0.2) is 10.7 Å². The topological polar surface area (TPSA) is 60.2 Å². The van der Waals surface area contributed by atoms with Gasteiger partial charge in [0.1, 0.15) is 4.48 Å². The van der Waals surface area contributed by atoms with Gasteiger partial charge in [0.15, 0.2) is 5.78 Å². The fraction of sp³-hybridized carbons (Fsp3) is 0.400. The third-order valence-corrected chi connectivity index (χ3v) is 2.21. The van der Waals surface area contributed by atoms with Crippen molar-refractivity contribution in [3.63, 3.8) is 0 Å². The lowest BCUT2D eigenvalue weighted by molar-refractivity contribution is -0.427. The number of hydrogen-bond donors (Lipinski definition) is 0. The summed E-state index contributed by atoms with van der Waals surface area (Å²) in [6.45, 7) is 0. The average Bonchev–Trinajstić information content (AvgIpc) is 2.14. The molecule has 1 aliphatic carbocycles. The summed E-state index contributed by atoms with van der Waals surface area (Å²) >= 11 is 2.86. The molecule has 0 aromatic rings. The second-order valence-electron chi connectivity index (χ2n) is 1.94. The van der Waals surface area contributed by atoms with Crippen molar-refractivity contribution in [2.75, 3.05) is 0 Å². The maximum atomic E-state index is 10.7. The number of hydrogen-bond acceptors (Lipinski definition) is 3. The van der Waals surface area contributed by atoms with Gasteiger partial charge in [-0.05, 0) is 15.9 Å². The second kappa shape index (κ2) is 2.49. The van der Waals surface area contributed by atoms with E-state index in [9.17, 15) is 14.9 Å². The number of allylic oxidation sites excluding steroid dienone is 2. The second-order valence-corrected chi connectivity index (χ2v) is 2.73. The maximum absolute atomic E-state index is 10.7. The molecule has 0 saturated heterocycles. The summed E-state index contributed by atoms with van der Waals surface area (Å²) in [5.41, 5.74) is 0.00463. The van der Waals surface area contributed by atoms with Crippen molar-refractivity contribution in [1.82, 2.24) is 0 Å². The first-order valence-corrected chi connectivity index (χ1v) is 3.48. The van der Waals surface area contributed by atoms with Crippen LogP contribution in [0.15, 0.2) is 10.2 Å². The smallest absolute Gasteiger partial charge is 0.264 e. The van der Waals surface area contributed by atoms with Crippen LogP contribution >= 0.6 is 15.9 Å². The highest BCUT2D eigenvalue weighted by molar-refractivity contribution is 9.12. The number of nitrogens with zero attached hydrogens (tertiary/aromatic N) is 1. The normalized spacial score (nSPS) is 18.3. The molecule has 1 aliphatic rings. The van der Waals surface area contributed by atoms with Crippen molar-refractivity contribution >= 4 is 21.7 Å². The van der Waals surface area contributed by atoms with Gasteiger partial charge in [-0.25, -0.2) is 0 Å². The van der Waals surface area contributed by atoms with Crippen molar-refractivity contribution in [3.8, 4) is 0 Å². The molecule has 0 aromatic heterocycles. The largest absolute Gasteiger partial charge is 0.293 e. The molecule has 0 atom stereocenters. The molecule has 5 heteroatoms. The summed E-state index contributed by atoms with van der Waals surface area (Å²) in [4.78, 5) is 20.3. The highest BCUT2D eigenvalue weighted by Crippen LogP contribution is 2.27. The molecule has 1 rings (SSSR count). The van der Waals surface area contributed by atoms with Crippen LogP contribution < -0.4 is 0 Å². The molecule has 0 aliphatic heterocycles. The van der Waals surface area contributed by atoms with Crippen molar-refractivity contribution in [2.45, 2.75) is 12.8 Å². The highest BCUT2D eigenvalue weighted by Gasteiger charge is 2.29. The van der Waals surface area contributed by atoms with E-state index in [1.54, 1.807) is 0 Å². The van der Waals surface area contributed by atoms with Gasteiger partial charge in [-0.15, -0.1) is 0 Å². The van der Waals surface area contributed by atoms with Gasteiger partial charge in [0.05, 0.1) is 4.92 Å². The molecule has 0 N–H and O–H groups in total. The van der Waals surface area contributed by atoms with Gasteiger partial charge in [0, 0.05) is 12.8 Å². The molecule has 0 bridgehead atoms. The van der Waals surface area contributed by atoms with Gasteiger partial charge in [0.25, 0.3) is 5.70 Å². The molecule has 0 fully saturated rings. The molecular formula is C5H4BrNO3. The molecule has 0 aromatic carbocycles. The molecule has 0 spiro atoms. The standard InChI is InChI=1S/C5H4BrNO3/c6-5-3(7(9)10)1-2-4(5)8/h1-2H2. The quantitative estimate of drug-likeness (QED) is 0.478. The predicted molar refractivity (Wildman–Crippen MR) is 37.2 cm³/mol. The number of carbonyl (C=O) groups is 1. The monoisotopic (exact) mass is 205 g/mol. The summed E-state index contributed by atoms with van der Waals surface area (Å²) in [6.07, 6.45) is 0.517. The van der Waals surface area contributed by atoms with Gasteiger partial charge < -0.3 is 0 Å². The third-order valence-electron chi connectivity index (χ3n) is 1.31. The Hall–Kier alpha value is -0.710. The lowest BCUT2D eigenvalue weighted by atomic mass is 10.3. The van der Waals surface area contributed by atoms with Crippen LogP contribution in [0.5, 0.6) is 0 Å². The fourth-order valence-electron chi connectivity index (χ4n) is 0.784. The molecule has 0 heterocycles. The average molecular weight is 206 g/mol. The third kappa shape index (κ3) is 1.09. The van der Waals surface area contributed by atoms with Crippen LogP contribution in [0, 0.1) is 10.1 Å². The van der Waals surface area contributed by atoms with E-state index in [2.05, 4.69) is 15.9 Å². The van der Waals surface area contributed by atoms with E-state index in [1.165, 1.54) is 0 Å². The van der Waals surface area contributed by atoms with Crippen LogP contribution in [0.1, 0.15) is 12.8 Å². The molecule has 10 heavy (non-hydrogen) atoms. The number of ketones is 1. The molecular weight excluding hydrogens is 202 g/mol. The maximum Gasteiger partial charge on any atom is 0.264 e. The van der Waals surface area contributed by atoms with Crippen molar-refractivity contribution in [1.29, 1.82) is 0 Å². The summed E-state index contributed by atoms with van der Waals surface area (Å²) in [6, 6.07) is 0. The van der Waals surface area contributed by atoms with E-state index < -0.39 is 4.92 Å². The zero-order valence-electron chi connectivity index (χ0n) is 4.96. The minimum Gasteiger partial charge on any atom is -0.293 e. The Labute approximate surface area is 65.2 Å². The first kappa shape index (κ1) is 7.40. The van der Waals surface area contributed by atoms with Crippen LogP contribution in [0.25, 0.3) is 0 Å². The van der Waals surface area contributed by atoms with E-state index in [4.69, 9.17) is 0 Å². The van der Waals surface area contributed by atoms with Crippen LogP contribution in [-0.2, 0) is 4.79 Å². The van der Waals surface area contributed by atoms with E-state index >= 15 is 0 Å². The number of rotatable bonds is 1. The Kier molecular flexibility index (Phi) is 1.85. The van der Waals surface area contributed by atoms with E-state index in [0.717, 1.165) is 0 Å². The first-order chi connectivity index (χ1) is 4.63. The molecule has 54 valence electrons. The lowest BCUT2D eigenvalue weighted by Gasteiger charge is -1.86. The summed E-state index contributed by atoms with van der Waals surface area (Å²) < 4.78 is 0.137. The zero-order valence-corrected chi connectivity index (χ0v) is 6.55. The van der Waals surface area contributed by atoms with E-state index in [-0.39, 0.29) is 28.8 Å². The number of Topliss-reactive ketones (excluding diaryl/α,β-unsaturated/α-hetero) is 1. The minimum atomic E-state index is -0.519. The summed E-state index contributed by atoms with van der Waals surface area (Å²) in [5, 5.41) is 10.1. The summed E-state index contributed by atoms with van der Waals surface area (Å²) in [7, 11) is 0. The van der Waals surface area contributed by atoms with E-state index in [0.29, 0.717) is 0 Å². The summed E-state index contributed by atoms with van der Waals surface area (Å²) in [5.74, 6) is -0.174. The molecule has 4 nitrogen and oxygen atoms in total. The van der Waals surface area contributed by atoms with Crippen LogP contribution in [0.3, 0.4) is 0 Å². The molecule has 0 unspecified atom stereocenters. The number of carbonyl (C=O) groups excluding carboxylic acids is 1. The van der Waals surface area contributed by atoms with Gasteiger partial charge >= 0.3 is 0 Å². The molecule has 0 saturated carbocycles. The van der Waals surface area contributed by atoms with Gasteiger partial charge in [-0.3, -0.25) is 14.9 Å². The van der Waals surface area contributed by atoms with Crippen molar-refractivity contribution < 1.29 is 9.72 Å². The van der Waals surface area contributed by atoms with Gasteiger partial charge in [0.2, 0.25) is 0 Å². The number of halogens is 1. The number of nitro groups is 1. The Balaban J connectivity index is 2.96. The molecule has 0 amide bonds. The lowest BCUT2D eigenvalue weighted by Crippen LogP contribution is -1.96. The zero-order chi connectivity index (χ0) is 7.72.